The lowest BCUT2D eigenvalue weighted by Crippen LogP contribution is -2.41. The molecule has 3 rings (SSSR count). The van der Waals surface area contributed by atoms with E-state index < -0.39 is 28.3 Å². The molecular formula is C26H29FN2O4S. The lowest BCUT2D eigenvalue weighted by Gasteiger charge is -2.25. The molecule has 0 saturated heterocycles. The third kappa shape index (κ3) is 5.56. The predicted octanol–water partition coefficient (Wildman–Crippen LogP) is 4.83. The van der Waals surface area contributed by atoms with Gasteiger partial charge in [0.2, 0.25) is 5.91 Å². The van der Waals surface area contributed by atoms with Crippen LogP contribution in [0.5, 0.6) is 5.75 Å². The summed E-state index contributed by atoms with van der Waals surface area (Å²) in [6.07, 6.45) is 0. The summed E-state index contributed by atoms with van der Waals surface area (Å²) in [7, 11) is -2.63. The van der Waals surface area contributed by atoms with Crippen LogP contribution in [0.4, 0.5) is 10.1 Å². The van der Waals surface area contributed by atoms with E-state index in [4.69, 9.17) is 4.74 Å². The number of halogens is 1. The molecule has 8 heteroatoms. The Bertz CT molecular complexity index is 1270. The molecule has 0 unspecified atom stereocenters. The summed E-state index contributed by atoms with van der Waals surface area (Å²) >= 11 is 0. The normalized spacial score (nSPS) is 12.2. The van der Waals surface area contributed by atoms with E-state index in [1.807, 2.05) is 33.8 Å². The number of nitrogens with one attached hydrogen (secondary N) is 1. The molecule has 0 aliphatic rings. The number of anilines is 1. The van der Waals surface area contributed by atoms with E-state index in [1.165, 1.54) is 43.5 Å². The largest absolute Gasteiger partial charge is 0.497 e. The Kier molecular flexibility index (Phi) is 7.61. The second-order valence-corrected chi connectivity index (χ2v) is 10.1. The van der Waals surface area contributed by atoms with Gasteiger partial charge in [0, 0.05) is 0 Å². The second kappa shape index (κ2) is 10.3. The third-order valence-electron chi connectivity index (χ3n) is 5.78. The number of carbonyl (C=O) groups is 1. The molecule has 0 fully saturated rings. The van der Waals surface area contributed by atoms with Gasteiger partial charge in [-0.25, -0.2) is 12.8 Å². The summed E-state index contributed by atoms with van der Waals surface area (Å²) in [6, 6.07) is 14.6. The van der Waals surface area contributed by atoms with E-state index in [9.17, 15) is 17.6 Å². The Balaban J connectivity index is 1.90. The standard InChI is InChI=1S/C26H29FN2O4S/c1-17-14-19(3)25(15-18(17)2)20(4)28-26(30)16-29(22-8-6-21(27)7-9-22)34(31,32)24-12-10-23(33-5)11-13-24/h6-15,20H,16H2,1-5H3,(H,28,30)/t20-/m0/s1. The number of aryl methyl sites for hydroxylation is 3. The van der Waals surface area contributed by atoms with Gasteiger partial charge in [0.05, 0.1) is 23.7 Å². The highest BCUT2D eigenvalue weighted by Crippen LogP contribution is 2.26. The molecule has 6 nitrogen and oxygen atoms in total. The zero-order valence-corrected chi connectivity index (χ0v) is 20.7. The minimum atomic E-state index is -4.11. The maximum Gasteiger partial charge on any atom is 0.264 e. The fourth-order valence-electron chi connectivity index (χ4n) is 3.74. The lowest BCUT2D eigenvalue weighted by molar-refractivity contribution is -0.120. The first-order chi connectivity index (χ1) is 16.0. The molecule has 0 aromatic heterocycles. The van der Waals surface area contributed by atoms with Crippen LogP contribution in [-0.2, 0) is 14.8 Å². The van der Waals surface area contributed by atoms with Gasteiger partial charge in [-0.05, 0) is 98.5 Å². The number of carbonyl (C=O) groups excluding carboxylic acids is 1. The van der Waals surface area contributed by atoms with E-state index in [2.05, 4.69) is 11.4 Å². The second-order valence-electron chi connectivity index (χ2n) is 8.25. The molecule has 3 aromatic rings. The van der Waals surface area contributed by atoms with E-state index >= 15 is 0 Å². The molecule has 0 bridgehead atoms. The topological polar surface area (TPSA) is 75.7 Å². The molecule has 0 aliphatic carbocycles. The Morgan fingerprint density at radius 2 is 1.56 bits per heavy atom. The van der Waals surface area contributed by atoms with Gasteiger partial charge in [-0.3, -0.25) is 9.10 Å². The van der Waals surface area contributed by atoms with Gasteiger partial charge in [0.15, 0.2) is 0 Å². The molecule has 34 heavy (non-hydrogen) atoms. The van der Waals surface area contributed by atoms with Crippen molar-refractivity contribution in [2.24, 2.45) is 0 Å². The van der Waals surface area contributed by atoms with Crippen molar-refractivity contribution in [3.63, 3.8) is 0 Å². The molecule has 3 aromatic carbocycles. The first kappa shape index (κ1) is 25.2. The smallest absolute Gasteiger partial charge is 0.264 e. The SMILES string of the molecule is COc1ccc(S(=O)(=O)N(CC(=O)N[C@@H](C)c2cc(C)c(C)cc2C)c2ccc(F)cc2)cc1. The maximum atomic E-state index is 13.5. The highest BCUT2D eigenvalue weighted by Gasteiger charge is 2.28. The summed E-state index contributed by atoms with van der Waals surface area (Å²) in [6.45, 7) is 7.40. The zero-order valence-electron chi connectivity index (χ0n) is 19.9. The monoisotopic (exact) mass is 484 g/mol. The van der Waals surface area contributed by atoms with Crippen LogP contribution in [0.15, 0.2) is 65.6 Å². The number of nitrogens with zero attached hydrogens (tertiary/aromatic N) is 1. The van der Waals surface area contributed by atoms with Crippen molar-refractivity contribution in [1.29, 1.82) is 0 Å². The maximum absolute atomic E-state index is 13.5. The van der Waals surface area contributed by atoms with Crippen molar-refractivity contribution in [3.05, 3.63) is 88.7 Å². The Morgan fingerprint density at radius 1 is 0.971 bits per heavy atom. The number of methoxy groups -OCH3 is 1. The van der Waals surface area contributed by atoms with Crippen LogP contribution in [0, 0.1) is 26.6 Å². The van der Waals surface area contributed by atoms with Crippen LogP contribution < -0.4 is 14.4 Å². The van der Waals surface area contributed by atoms with Gasteiger partial charge in [0.1, 0.15) is 18.1 Å². The van der Waals surface area contributed by atoms with Crippen LogP contribution in [0.2, 0.25) is 0 Å². The molecular weight excluding hydrogens is 455 g/mol. The number of hydrogen-bond acceptors (Lipinski definition) is 4. The van der Waals surface area contributed by atoms with Crippen LogP contribution in [-0.4, -0.2) is 28.0 Å². The first-order valence-electron chi connectivity index (χ1n) is 10.8. The molecule has 1 atom stereocenters. The Morgan fingerprint density at radius 3 is 2.15 bits per heavy atom. The van der Waals surface area contributed by atoms with Crippen molar-refractivity contribution in [1.82, 2.24) is 5.32 Å². The third-order valence-corrected chi connectivity index (χ3v) is 7.56. The van der Waals surface area contributed by atoms with E-state index in [1.54, 1.807) is 0 Å². The van der Waals surface area contributed by atoms with E-state index in [-0.39, 0.29) is 16.6 Å². The van der Waals surface area contributed by atoms with Crippen molar-refractivity contribution in [3.8, 4) is 5.75 Å². The lowest BCUT2D eigenvalue weighted by atomic mass is 9.96. The van der Waals surface area contributed by atoms with Gasteiger partial charge < -0.3 is 10.1 Å². The molecule has 0 heterocycles. The number of benzene rings is 3. The average molecular weight is 485 g/mol. The molecule has 0 radical (unpaired) electrons. The number of ether oxygens (including phenoxy) is 1. The van der Waals surface area contributed by atoms with Crippen LogP contribution in [0.1, 0.15) is 35.2 Å². The summed E-state index contributed by atoms with van der Waals surface area (Å²) in [5, 5.41) is 2.90. The van der Waals surface area contributed by atoms with Crippen molar-refractivity contribution >= 4 is 21.6 Å². The quantitative estimate of drug-likeness (QED) is 0.497. The molecule has 0 spiro atoms. The average Bonchev–Trinajstić information content (AvgIpc) is 2.80. The summed E-state index contributed by atoms with van der Waals surface area (Å²) in [4.78, 5) is 13.0. The molecule has 0 aliphatic heterocycles. The summed E-state index contributed by atoms with van der Waals surface area (Å²) in [5.41, 5.74) is 4.45. The number of sulfonamides is 1. The fourth-order valence-corrected chi connectivity index (χ4v) is 5.16. The van der Waals surface area contributed by atoms with Crippen LogP contribution in [0.25, 0.3) is 0 Å². The highest BCUT2D eigenvalue weighted by molar-refractivity contribution is 7.92. The van der Waals surface area contributed by atoms with Crippen LogP contribution in [0.3, 0.4) is 0 Å². The minimum Gasteiger partial charge on any atom is -0.497 e. The predicted molar refractivity (Wildman–Crippen MR) is 131 cm³/mol. The summed E-state index contributed by atoms with van der Waals surface area (Å²) in [5.74, 6) is -0.483. The Hall–Kier alpha value is -3.39. The number of amides is 1. The van der Waals surface area contributed by atoms with Crippen molar-refractivity contribution in [2.75, 3.05) is 18.0 Å². The first-order valence-corrected chi connectivity index (χ1v) is 12.3. The molecule has 0 saturated carbocycles. The highest BCUT2D eigenvalue weighted by atomic mass is 32.2. The number of rotatable bonds is 8. The molecule has 1 N–H and O–H groups in total. The van der Waals surface area contributed by atoms with Gasteiger partial charge in [-0.2, -0.15) is 0 Å². The number of hydrogen-bond donors (Lipinski definition) is 1. The van der Waals surface area contributed by atoms with Gasteiger partial charge in [-0.15, -0.1) is 0 Å². The fraction of sp³-hybridized carbons (Fsp3) is 0.269. The minimum absolute atomic E-state index is 0.0107. The zero-order chi connectivity index (χ0) is 25.0. The summed E-state index contributed by atoms with van der Waals surface area (Å²) < 4.78 is 46.5. The van der Waals surface area contributed by atoms with Gasteiger partial charge >= 0.3 is 0 Å². The van der Waals surface area contributed by atoms with Crippen molar-refractivity contribution in [2.45, 2.75) is 38.6 Å². The van der Waals surface area contributed by atoms with E-state index in [0.717, 1.165) is 38.7 Å². The Labute approximate surface area is 200 Å². The van der Waals surface area contributed by atoms with Crippen molar-refractivity contribution < 1.29 is 22.3 Å². The van der Waals surface area contributed by atoms with Gasteiger partial charge in [-0.1, -0.05) is 12.1 Å². The van der Waals surface area contributed by atoms with E-state index in [0.29, 0.717) is 5.75 Å². The van der Waals surface area contributed by atoms with Gasteiger partial charge in [0.25, 0.3) is 10.0 Å². The molecule has 1 amide bonds. The van der Waals surface area contributed by atoms with Crippen LogP contribution >= 0.6 is 0 Å². The molecule has 180 valence electrons.